The van der Waals surface area contributed by atoms with Crippen molar-refractivity contribution in [2.75, 3.05) is 24.6 Å². The minimum Gasteiger partial charge on any atom is -0.370 e. The third kappa shape index (κ3) is 4.24. The number of rotatable bonds is 3. The Labute approximate surface area is 195 Å². The average Bonchev–Trinajstić information content (AvgIpc) is 2.80. The molecule has 1 aliphatic rings. The molecule has 3 aromatic heterocycles. The van der Waals surface area contributed by atoms with E-state index in [1.807, 2.05) is 37.8 Å². The van der Waals surface area contributed by atoms with Crippen molar-refractivity contribution in [1.82, 2.24) is 25.1 Å². The lowest BCUT2D eigenvalue weighted by atomic mass is 10.1. The van der Waals surface area contributed by atoms with Gasteiger partial charge in [-0.1, -0.05) is 11.6 Å². The molecule has 7 nitrogen and oxygen atoms in total. The Balaban J connectivity index is 1.62. The van der Waals surface area contributed by atoms with Crippen molar-refractivity contribution < 1.29 is 9.13 Å². The van der Waals surface area contributed by atoms with Gasteiger partial charge in [-0.05, 0) is 56.7 Å². The lowest BCUT2D eigenvalue weighted by Crippen LogP contribution is -2.39. The number of fused-ring (bicyclic) bond motifs is 1. The molecule has 0 N–H and O–H groups in total. The Kier molecular flexibility index (Phi) is 5.64. The van der Waals surface area contributed by atoms with E-state index in [0.29, 0.717) is 53.0 Å². The molecule has 1 fully saturated rings. The monoisotopic (exact) mass is 464 g/mol. The number of hydrogen-bond acceptors (Lipinski definition) is 7. The van der Waals surface area contributed by atoms with Crippen LogP contribution < -0.4 is 4.90 Å². The molecule has 33 heavy (non-hydrogen) atoms. The first-order chi connectivity index (χ1) is 15.9. The highest BCUT2D eigenvalue weighted by Crippen LogP contribution is 2.33. The van der Waals surface area contributed by atoms with Crippen LogP contribution in [0.5, 0.6) is 0 Å². The molecular formula is C24H22ClFN6O. The second kappa shape index (κ2) is 8.61. The summed E-state index contributed by atoms with van der Waals surface area (Å²) in [4.78, 5) is 16.3. The largest absolute Gasteiger partial charge is 0.370 e. The van der Waals surface area contributed by atoms with Crippen molar-refractivity contribution in [3.63, 3.8) is 0 Å². The van der Waals surface area contributed by atoms with Gasteiger partial charge in [0.15, 0.2) is 5.65 Å². The molecule has 0 spiro atoms. The summed E-state index contributed by atoms with van der Waals surface area (Å²) in [5, 5.41) is 9.10. The average molecular weight is 465 g/mol. The molecule has 1 atom stereocenters. The Hall–Kier alpha value is -3.23. The summed E-state index contributed by atoms with van der Waals surface area (Å²) in [6.45, 7) is 7.43. The van der Waals surface area contributed by atoms with Gasteiger partial charge in [0, 0.05) is 33.8 Å². The first-order valence-electron chi connectivity index (χ1n) is 10.7. The molecule has 4 aromatic rings. The van der Waals surface area contributed by atoms with Crippen LogP contribution in [0.4, 0.5) is 10.3 Å². The number of nitrogens with zero attached hydrogens (tertiary/aromatic N) is 6. The number of hydrogen-bond donors (Lipinski definition) is 0. The zero-order valence-electron chi connectivity index (χ0n) is 18.5. The number of morpholine rings is 1. The molecule has 9 heteroatoms. The molecule has 5 rings (SSSR count). The fourth-order valence-corrected chi connectivity index (χ4v) is 4.12. The SMILES string of the molecule is Cc1cc(C2CN(c3nc(-c4ccc(Cl)cc4F)c4cc(C)c(C)nc4n3)CCO2)cnn1. The third-order valence-electron chi connectivity index (χ3n) is 5.82. The third-order valence-corrected chi connectivity index (χ3v) is 6.06. The molecule has 0 saturated carbocycles. The Morgan fingerprint density at radius 3 is 2.73 bits per heavy atom. The maximum absolute atomic E-state index is 14.9. The molecule has 1 saturated heterocycles. The summed E-state index contributed by atoms with van der Waals surface area (Å²) in [7, 11) is 0. The van der Waals surface area contributed by atoms with Crippen LogP contribution in [0.3, 0.4) is 0 Å². The van der Waals surface area contributed by atoms with Crippen LogP contribution in [0.2, 0.25) is 5.02 Å². The fourth-order valence-electron chi connectivity index (χ4n) is 3.96. The van der Waals surface area contributed by atoms with Crippen LogP contribution in [0.15, 0.2) is 36.5 Å². The van der Waals surface area contributed by atoms with Crippen LogP contribution in [-0.4, -0.2) is 44.8 Å². The molecule has 0 aliphatic carbocycles. The number of halogens is 2. The summed E-state index contributed by atoms with van der Waals surface area (Å²) in [6, 6.07) is 8.52. The van der Waals surface area contributed by atoms with E-state index in [9.17, 15) is 4.39 Å². The smallest absolute Gasteiger partial charge is 0.228 e. The van der Waals surface area contributed by atoms with E-state index in [2.05, 4.69) is 15.2 Å². The van der Waals surface area contributed by atoms with Crippen molar-refractivity contribution >= 4 is 28.6 Å². The van der Waals surface area contributed by atoms with Crippen LogP contribution in [0, 0.1) is 26.6 Å². The molecule has 168 valence electrons. The zero-order valence-corrected chi connectivity index (χ0v) is 19.3. The molecule has 0 amide bonds. The lowest BCUT2D eigenvalue weighted by Gasteiger charge is -2.33. The maximum Gasteiger partial charge on any atom is 0.228 e. The second-order valence-corrected chi connectivity index (χ2v) is 8.63. The van der Waals surface area contributed by atoms with E-state index < -0.39 is 5.82 Å². The Bertz CT molecular complexity index is 1360. The van der Waals surface area contributed by atoms with Crippen LogP contribution in [-0.2, 0) is 4.74 Å². The van der Waals surface area contributed by atoms with Gasteiger partial charge in [-0.3, -0.25) is 0 Å². The number of ether oxygens (including phenoxy) is 1. The van der Waals surface area contributed by atoms with Gasteiger partial charge < -0.3 is 9.64 Å². The van der Waals surface area contributed by atoms with Crippen molar-refractivity contribution in [2.24, 2.45) is 0 Å². The predicted octanol–water partition coefficient (Wildman–Crippen LogP) is 4.78. The van der Waals surface area contributed by atoms with Crippen LogP contribution in [0.25, 0.3) is 22.3 Å². The van der Waals surface area contributed by atoms with E-state index in [0.717, 1.165) is 22.5 Å². The topological polar surface area (TPSA) is 76.9 Å². The van der Waals surface area contributed by atoms with Gasteiger partial charge >= 0.3 is 0 Å². The minimum absolute atomic E-state index is 0.198. The number of aryl methyl sites for hydroxylation is 3. The van der Waals surface area contributed by atoms with Crippen LogP contribution in [0.1, 0.15) is 28.6 Å². The first kappa shape index (κ1) is 21.6. The highest BCUT2D eigenvalue weighted by Gasteiger charge is 2.26. The van der Waals surface area contributed by atoms with E-state index in [-0.39, 0.29) is 6.10 Å². The molecule has 1 aromatic carbocycles. The first-order valence-corrected chi connectivity index (χ1v) is 11.0. The van der Waals surface area contributed by atoms with Crippen molar-refractivity contribution in [2.45, 2.75) is 26.9 Å². The summed E-state index contributed by atoms with van der Waals surface area (Å²) in [5.41, 5.74) is 5.00. The molecule has 1 aliphatic heterocycles. The highest BCUT2D eigenvalue weighted by molar-refractivity contribution is 6.30. The van der Waals surface area contributed by atoms with E-state index in [1.54, 1.807) is 18.3 Å². The van der Waals surface area contributed by atoms with E-state index in [1.165, 1.54) is 6.07 Å². The number of anilines is 1. The lowest BCUT2D eigenvalue weighted by molar-refractivity contribution is 0.0389. The molecular weight excluding hydrogens is 443 g/mol. The molecule has 0 bridgehead atoms. The molecule has 1 unspecified atom stereocenters. The summed E-state index contributed by atoms with van der Waals surface area (Å²) in [5.74, 6) is 0.0412. The maximum atomic E-state index is 14.9. The second-order valence-electron chi connectivity index (χ2n) is 8.19. The fraction of sp³-hybridized carbons (Fsp3) is 0.292. The van der Waals surface area contributed by atoms with E-state index in [4.69, 9.17) is 26.3 Å². The Morgan fingerprint density at radius 1 is 1.09 bits per heavy atom. The van der Waals surface area contributed by atoms with Gasteiger partial charge in [-0.15, -0.1) is 0 Å². The quantitative estimate of drug-likeness (QED) is 0.432. The minimum atomic E-state index is -0.440. The van der Waals surface area contributed by atoms with Gasteiger partial charge in [-0.2, -0.15) is 15.2 Å². The van der Waals surface area contributed by atoms with Gasteiger partial charge in [-0.25, -0.2) is 14.4 Å². The van der Waals surface area contributed by atoms with Gasteiger partial charge in [0.1, 0.15) is 11.9 Å². The normalized spacial score (nSPS) is 16.4. The highest BCUT2D eigenvalue weighted by atomic mass is 35.5. The Morgan fingerprint density at radius 2 is 1.94 bits per heavy atom. The summed E-state index contributed by atoms with van der Waals surface area (Å²) >= 11 is 5.99. The van der Waals surface area contributed by atoms with Crippen molar-refractivity contribution in [3.05, 3.63) is 69.9 Å². The summed E-state index contributed by atoms with van der Waals surface area (Å²) in [6.07, 6.45) is 1.51. The molecule has 4 heterocycles. The number of aromatic nitrogens is 5. The van der Waals surface area contributed by atoms with E-state index >= 15 is 0 Å². The van der Waals surface area contributed by atoms with Crippen LogP contribution >= 0.6 is 11.6 Å². The number of benzene rings is 1. The zero-order chi connectivity index (χ0) is 23.1. The van der Waals surface area contributed by atoms with Crippen molar-refractivity contribution in [1.29, 1.82) is 0 Å². The number of pyridine rings is 1. The van der Waals surface area contributed by atoms with Gasteiger partial charge in [0.25, 0.3) is 0 Å². The molecule has 0 radical (unpaired) electrons. The van der Waals surface area contributed by atoms with Gasteiger partial charge in [0.05, 0.1) is 30.7 Å². The standard InChI is InChI=1S/C24H22ClFN6O/c1-13-8-19-22(18-5-4-17(25)10-20(18)26)29-24(30-23(19)28-15(13)3)32-6-7-33-21(12-32)16-9-14(2)31-27-11-16/h4-5,8-11,21H,6-7,12H2,1-3H3. The predicted molar refractivity (Wildman–Crippen MR) is 125 cm³/mol. The van der Waals surface area contributed by atoms with Crippen molar-refractivity contribution in [3.8, 4) is 11.3 Å². The summed E-state index contributed by atoms with van der Waals surface area (Å²) < 4.78 is 20.9. The van der Waals surface area contributed by atoms with Gasteiger partial charge in [0.2, 0.25) is 5.95 Å².